The lowest BCUT2D eigenvalue weighted by atomic mass is 10.1. The van der Waals surface area contributed by atoms with Gasteiger partial charge >= 0.3 is 0 Å². The summed E-state index contributed by atoms with van der Waals surface area (Å²) in [6.07, 6.45) is 0.796. The van der Waals surface area contributed by atoms with Gasteiger partial charge in [-0.05, 0) is 18.9 Å². The molecule has 0 spiro atoms. The van der Waals surface area contributed by atoms with Gasteiger partial charge in [0.1, 0.15) is 0 Å². The monoisotopic (exact) mass is 276 g/mol. The van der Waals surface area contributed by atoms with E-state index >= 15 is 0 Å². The Kier molecular flexibility index (Phi) is 4.46. The first-order valence-corrected chi connectivity index (χ1v) is 6.86. The summed E-state index contributed by atoms with van der Waals surface area (Å²) >= 11 is 1.24. The van der Waals surface area contributed by atoms with Crippen molar-refractivity contribution in [2.75, 3.05) is 12.4 Å². The van der Waals surface area contributed by atoms with Crippen LogP contribution in [0.15, 0.2) is 30.3 Å². The lowest BCUT2D eigenvalue weighted by Crippen LogP contribution is -2.34. The minimum atomic E-state index is -0.178. The summed E-state index contributed by atoms with van der Waals surface area (Å²) < 4.78 is 0. The summed E-state index contributed by atoms with van der Waals surface area (Å²) in [4.78, 5) is 11.9. The molecule has 5 nitrogen and oxygen atoms in total. The van der Waals surface area contributed by atoms with E-state index in [2.05, 4.69) is 20.8 Å². The maximum absolute atomic E-state index is 11.9. The standard InChI is InChI=1S/C13H16N4OS/c1-9(8-10-6-4-3-5-7-10)15-11(18)12-16-17-13(14-2)19-12/h3-7,9H,8H2,1-2H3,(H,14,17)(H,15,18). The molecule has 0 saturated carbocycles. The molecule has 100 valence electrons. The molecule has 0 fully saturated rings. The van der Waals surface area contributed by atoms with Gasteiger partial charge in [0.2, 0.25) is 10.1 Å². The number of amides is 1. The molecule has 1 amide bonds. The Morgan fingerprint density at radius 1 is 1.32 bits per heavy atom. The van der Waals surface area contributed by atoms with Gasteiger partial charge in [0.05, 0.1) is 0 Å². The van der Waals surface area contributed by atoms with Crippen molar-refractivity contribution in [2.24, 2.45) is 0 Å². The van der Waals surface area contributed by atoms with E-state index in [0.29, 0.717) is 10.1 Å². The van der Waals surface area contributed by atoms with Gasteiger partial charge in [0, 0.05) is 13.1 Å². The molecule has 0 aliphatic rings. The van der Waals surface area contributed by atoms with Gasteiger partial charge in [-0.3, -0.25) is 4.79 Å². The molecule has 1 aromatic carbocycles. The average molecular weight is 276 g/mol. The summed E-state index contributed by atoms with van der Waals surface area (Å²) in [5, 5.41) is 14.5. The van der Waals surface area contributed by atoms with Gasteiger partial charge in [-0.15, -0.1) is 10.2 Å². The Balaban J connectivity index is 1.91. The van der Waals surface area contributed by atoms with Gasteiger partial charge < -0.3 is 10.6 Å². The molecule has 1 heterocycles. The minimum absolute atomic E-state index is 0.0526. The van der Waals surface area contributed by atoms with Crippen LogP contribution in [0.1, 0.15) is 22.3 Å². The first-order valence-electron chi connectivity index (χ1n) is 6.05. The van der Waals surface area contributed by atoms with Gasteiger partial charge in [0.25, 0.3) is 5.91 Å². The van der Waals surface area contributed by atoms with Crippen LogP contribution in [0.4, 0.5) is 5.13 Å². The molecule has 1 atom stereocenters. The molecule has 2 rings (SSSR count). The zero-order chi connectivity index (χ0) is 13.7. The Morgan fingerprint density at radius 3 is 2.68 bits per heavy atom. The second kappa shape index (κ2) is 6.29. The number of nitrogens with one attached hydrogen (secondary N) is 2. The number of nitrogens with zero attached hydrogens (tertiary/aromatic N) is 2. The second-order valence-electron chi connectivity index (χ2n) is 4.23. The van der Waals surface area contributed by atoms with Crippen LogP contribution in [0.2, 0.25) is 0 Å². The fraction of sp³-hybridized carbons (Fsp3) is 0.308. The van der Waals surface area contributed by atoms with Crippen molar-refractivity contribution in [1.29, 1.82) is 0 Å². The van der Waals surface area contributed by atoms with E-state index in [1.54, 1.807) is 7.05 Å². The van der Waals surface area contributed by atoms with Crippen molar-refractivity contribution >= 4 is 22.4 Å². The molecule has 19 heavy (non-hydrogen) atoms. The molecule has 0 aliphatic heterocycles. The molecule has 0 aliphatic carbocycles. The quantitative estimate of drug-likeness (QED) is 0.876. The summed E-state index contributed by atoms with van der Waals surface area (Å²) in [5.41, 5.74) is 1.20. The van der Waals surface area contributed by atoms with E-state index < -0.39 is 0 Å². The van der Waals surface area contributed by atoms with Crippen molar-refractivity contribution in [1.82, 2.24) is 15.5 Å². The van der Waals surface area contributed by atoms with Crippen molar-refractivity contribution in [3.05, 3.63) is 40.9 Å². The molecule has 1 aromatic heterocycles. The van der Waals surface area contributed by atoms with Crippen molar-refractivity contribution < 1.29 is 4.79 Å². The van der Waals surface area contributed by atoms with Crippen LogP contribution in [0.5, 0.6) is 0 Å². The SMILES string of the molecule is CNc1nnc(C(=O)NC(C)Cc2ccccc2)s1. The van der Waals surface area contributed by atoms with E-state index in [1.807, 2.05) is 37.3 Å². The number of hydrogen-bond donors (Lipinski definition) is 2. The number of carbonyl (C=O) groups is 1. The Labute approximate surface area is 116 Å². The summed E-state index contributed by atoms with van der Waals surface area (Å²) in [5.74, 6) is -0.178. The van der Waals surface area contributed by atoms with Crippen molar-refractivity contribution in [2.45, 2.75) is 19.4 Å². The third-order valence-electron chi connectivity index (χ3n) is 2.60. The van der Waals surface area contributed by atoms with Crippen LogP contribution >= 0.6 is 11.3 Å². The molecule has 2 N–H and O–H groups in total. The van der Waals surface area contributed by atoms with Crippen molar-refractivity contribution in [3.63, 3.8) is 0 Å². The van der Waals surface area contributed by atoms with Crippen LogP contribution in [0.3, 0.4) is 0 Å². The Morgan fingerprint density at radius 2 is 2.05 bits per heavy atom. The van der Waals surface area contributed by atoms with E-state index in [1.165, 1.54) is 16.9 Å². The highest BCUT2D eigenvalue weighted by Gasteiger charge is 2.14. The number of hydrogen-bond acceptors (Lipinski definition) is 5. The Hall–Kier alpha value is -1.95. The predicted octanol–water partition coefficient (Wildman–Crippen LogP) is 1.94. The van der Waals surface area contributed by atoms with E-state index in [9.17, 15) is 4.79 Å². The van der Waals surface area contributed by atoms with E-state index in [0.717, 1.165) is 6.42 Å². The number of anilines is 1. The number of carbonyl (C=O) groups excluding carboxylic acids is 1. The van der Waals surface area contributed by atoms with Crippen LogP contribution < -0.4 is 10.6 Å². The maximum atomic E-state index is 11.9. The lowest BCUT2D eigenvalue weighted by Gasteiger charge is -2.12. The summed E-state index contributed by atoms with van der Waals surface area (Å²) in [6, 6.07) is 10.1. The molecule has 2 aromatic rings. The molecule has 1 unspecified atom stereocenters. The van der Waals surface area contributed by atoms with Crippen molar-refractivity contribution in [3.8, 4) is 0 Å². The fourth-order valence-electron chi connectivity index (χ4n) is 1.72. The van der Waals surface area contributed by atoms with Gasteiger partial charge in [-0.2, -0.15) is 0 Å². The highest BCUT2D eigenvalue weighted by Crippen LogP contribution is 2.14. The fourth-order valence-corrected chi connectivity index (χ4v) is 2.32. The first-order chi connectivity index (χ1) is 9.19. The molecule has 0 bridgehead atoms. The third-order valence-corrected chi connectivity index (χ3v) is 3.53. The molecular formula is C13H16N4OS. The van der Waals surface area contributed by atoms with Gasteiger partial charge in [-0.1, -0.05) is 41.7 Å². The smallest absolute Gasteiger partial charge is 0.282 e. The Bertz CT molecular complexity index is 541. The molecule has 0 radical (unpaired) electrons. The second-order valence-corrected chi connectivity index (χ2v) is 5.20. The zero-order valence-corrected chi connectivity index (χ0v) is 11.7. The maximum Gasteiger partial charge on any atom is 0.282 e. The zero-order valence-electron chi connectivity index (χ0n) is 10.9. The van der Waals surface area contributed by atoms with Crippen LogP contribution in [0.25, 0.3) is 0 Å². The summed E-state index contributed by atoms with van der Waals surface area (Å²) in [7, 11) is 1.75. The highest BCUT2D eigenvalue weighted by molar-refractivity contribution is 7.17. The average Bonchev–Trinajstić information content (AvgIpc) is 2.88. The summed E-state index contributed by atoms with van der Waals surface area (Å²) in [6.45, 7) is 1.98. The first kappa shape index (κ1) is 13.5. The number of aromatic nitrogens is 2. The van der Waals surface area contributed by atoms with Gasteiger partial charge in [0.15, 0.2) is 0 Å². The largest absolute Gasteiger partial charge is 0.363 e. The third kappa shape index (κ3) is 3.75. The number of benzene rings is 1. The lowest BCUT2D eigenvalue weighted by molar-refractivity contribution is 0.0939. The molecule has 6 heteroatoms. The number of rotatable bonds is 5. The highest BCUT2D eigenvalue weighted by atomic mass is 32.1. The van der Waals surface area contributed by atoms with E-state index in [-0.39, 0.29) is 11.9 Å². The van der Waals surface area contributed by atoms with E-state index in [4.69, 9.17) is 0 Å². The molecular weight excluding hydrogens is 260 g/mol. The van der Waals surface area contributed by atoms with Crippen LogP contribution in [-0.4, -0.2) is 29.2 Å². The predicted molar refractivity (Wildman–Crippen MR) is 76.5 cm³/mol. The van der Waals surface area contributed by atoms with Crippen LogP contribution in [0, 0.1) is 0 Å². The van der Waals surface area contributed by atoms with Gasteiger partial charge in [-0.25, -0.2) is 0 Å². The molecule has 0 saturated heterocycles. The normalized spacial score (nSPS) is 11.9. The van der Waals surface area contributed by atoms with Crippen LogP contribution in [-0.2, 0) is 6.42 Å². The topological polar surface area (TPSA) is 66.9 Å². The minimum Gasteiger partial charge on any atom is -0.363 e.